The first kappa shape index (κ1) is 21.0. The lowest BCUT2D eigenvalue weighted by Gasteiger charge is -2.15. The predicted octanol–water partition coefficient (Wildman–Crippen LogP) is 3.46. The van der Waals surface area contributed by atoms with Gasteiger partial charge in [-0.3, -0.25) is 9.98 Å². The molecule has 1 aromatic heterocycles. The molecule has 0 spiro atoms. The van der Waals surface area contributed by atoms with Crippen LogP contribution in [0.4, 0.5) is 13.2 Å². The Balaban J connectivity index is 0.00000312. The molecule has 0 aliphatic heterocycles. The molecule has 2 rings (SSSR count). The molecule has 0 saturated heterocycles. The lowest BCUT2D eigenvalue weighted by molar-refractivity contribution is -0.274. The third-order valence-electron chi connectivity index (χ3n) is 3.03. The van der Waals surface area contributed by atoms with Crippen molar-refractivity contribution in [2.24, 2.45) is 4.99 Å². The van der Waals surface area contributed by atoms with E-state index in [1.54, 1.807) is 25.4 Å². The van der Waals surface area contributed by atoms with E-state index in [0.29, 0.717) is 18.1 Å². The minimum atomic E-state index is -4.73. The maximum atomic E-state index is 12.4. The van der Waals surface area contributed by atoms with Crippen LogP contribution >= 0.6 is 24.0 Å². The Kier molecular flexibility index (Phi) is 8.46. The van der Waals surface area contributed by atoms with E-state index in [2.05, 4.69) is 25.3 Å². The molecule has 0 radical (unpaired) electrons. The Hall–Kier alpha value is -2.04. The van der Waals surface area contributed by atoms with E-state index in [0.717, 1.165) is 5.69 Å². The standard InChI is InChI=1S/C16H17F3N4O.HI/c1-20-15(23-11-13-7-4-5-9-21-13)22-10-12-6-2-3-8-14(12)24-16(17,18)19;/h2-9H,10-11H2,1H3,(H2,20,22,23);1H. The monoisotopic (exact) mass is 466 g/mol. The van der Waals surface area contributed by atoms with Gasteiger partial charge in [0.1, 0.15) is 5.75 Å². The second kappa shape index (κ2) is 10.1. The van der Waals surface area contributed by atoms with Crippen LogP contribution < -0.4 is 15.4 Å². The van der Waals surface area contributed by atoms with Gasteiger partial charge >= 0.3 is 6.36 Å². The molecule has 136 valence electrons. The number of hydrogen-bond donors (Lipinski definition) is 2. The summed E-state index contributed by atoms with van der Waals surface area (Å²) < 4.78 is 41.2. The zero-order valence-electron chi connectivity index (χ0n) is 13.4. The number of guanidine groups is 1. The van der Waals surface area contributed by atoms with Crippen LogP contribution in [0.25, 0.3) is 0 Å². The molecule has 0 saturated carbocycles. The molecule has 0 aliphatic rings. The van der Waals surface area contributed by atoms with Crippen molar-refractivity contribution in [3.8, 4) is 5.75 Å². The maximum absolute atomic E-state index is 12.4. The topological polar surface area (TPSA) is 58.5 Å². The van der Waals surface area contributed by atoms with Crippen LogP contribution in [-0.2, 0) is 13.1 Å². The van der Waals surface area contributed by atoms with E-state index in [1.807, 2.05) is 18.2 Å². The molecule has 0 amide bonds. The van der Waals surface area contributed by atoms with E-state index in [-0.39, 0.29) is 36.3 Å². The highest BCUT2D eigenvalue weighted by molar-refractivity contribution is 14.0. The van der Waals surface area contributed by atoms with E-state index < -0.39 is 6.36 Å². The van der Waals surface area contributed by atoms with Crippen LogP contribution in [0.2, 0.25) is 0 Å². The average Bonchev–Trinajstić information content (AvgIpc) is 2.56. The second-order valence-corrected chi connectivity index (χ2v) is 4.76. The van der Waals surface area contributed by atoms with Gasteiger partial charge in [0.05, 0.1) is 12.2 Å². The smallest absolute Gasteiger partial charge is 0.405 e. The number of ether oxygens (including phenoxy) is 1. The minimum Gasteiger partial charge on any atom is -0.405 e. The first-order valence-electron chi connectivity index (χ1n) is 7.16. The van der Waals surface area contributed by atoms with Gasteiger partial charge in [0.2, 0.25) is 0 Å². The normalized spacial score (nSPS) is 11.4. The third-order valence-corrected chi connectivity index (χ3v) is 3.03. The summed E-state index contributed by atoms with van der Waals surface area (Å²) in [5.74, 6) is 0.208. The molecular weight excluding hydrogens is 448 g/mol. The van der Waals surface area contributed by atoms with E-state index in [1.165, 1.54) is 12.1 Å². The number of nitrogens with one attached hydrogen (secondary N) is 2. The summed E-state index contributed by atoms with van der Waals surface area (Å²) in [4.78, 5) is 8.19. The number of para-hydroxylation sites is 1. The van der Waals surface area contributed by atoms with Crippen molar-refractivity contribution in [2.75, 3.05) is 7.05 Å². The molecule has 2 aromatic rings. The number of halogens is 4. The van der Waals surface area contributed by atoms with Crippen molar-refractivity contribution in [1.82, 2.24) is 15.6 Å². The highest BCUT2D eigenvalue weighted by atomic mass is 127. The molecule has 5 nitrogen and oxygen atoms in total. The summed E-state index contributed by atoms with van der Waals surface area (Å²) in [5.41, 5.74) is 1.19. The minimum absolute atomic E-state index is 0. The molecule has 0 bridgehead atoms. The van der Waals surface area contributed by atoms with Gasteiger partial charge in [0.15, 0.2) is 5.96 Å². The lowest BCUT2D eigenvalue weighted by atomic mass is 10.2. The highest BCUT2D eigenvalue weighted by Gasteiger charge is 2.31. The largest absolute Gasteiger partial charge is 0.573 e. The molecule has 0 atom stereocenters. The van der Waals surface area contributed by atoms with E-state index in [9.17, 15) is 13.2 Å². The summed E-state index contributed by atoms with van der Waals surface area (Å²) in [6, 6.07) is 11.5. The number of rotatable bonds is 5. The first-order chi connectivity index (χ1) is 11.5. The molecule has 0 fully saturated rings. The first-order valence-corrected chi connectivity index (χ1v) is 7.16. The van der Waals surface area contributed by atoms with Gasteiger partial charge in [-0.1, -0.05) is 24.3 Å². The Morgan fingerprint density at radius 3 is 2.40 bits per heavy atom. The van der Waals surface area contributed by atoms with Crippen LogP contribution in [0.1, 0.15) is 11.3 Å². The van der Waals surface area contributed by atoms with Crippen molar-refractivity contribution in [3.63, 3.8) is 0 Å². The zero-order valence-corrected chi connectivity index (χ0v) is 15.7. The highest BCUT2D eigenvalue weighted by Crippen LogP contribution is 2.25. The summed E-state index contributed by atoms with van der Waals surface area (Å²) in [6.07, 6.45) is -3.05. The molecule has 0 unspecified atom stereocenters. The van der Waals surface area contributed by atoms with Crippen molar-refractivity contribution < 1.29 is 17.9 Å². The number of benzene rings is 1. The van der Waals surface area contributed by atoms with Crippen molar-refractivity contribution in [3.05, 3.63) is 59.9 Å². The predicted molar refractivity (Wildman–Crippen MR) is 99.8 cm³/mol. The Bertz CT molecular complexity index is 681. The zero-order chi connectivity index (χ0) is 17.4. The van der Waals surface area contributed by atoms with Crippen LogP contribution in [-0.4, -0.2) is 24.4 Å². The van der Waals surface area contributed by atoms with Gasteiger partial charge in [0, 0.05) is 25.4 Å². The van der Waals surface area contributed by atoms with Crippen LogP contribution in [0, 0.1) is 0 Å². The average molecular weight is 466 g/mol. The lowest BCUT2D eigenvalue weighted by Crippen LogP contribution is -2.36. The van der Waals surface area contributed by atoms with Crippen LogP contribution in [0.3, 0.4) is 0 Å². The second-order valence-electron chi connectivity index (χ2n) is 4.76. The number of aromatic nitrogens is 1. The number of nitrogens with zero attached hydrogens (tertiary/aromatic N) is 2. The summed E-state index contributed by atoms with van der Waals surface area (Å²) in [7, 11) is 1.58. The molecule has 1 aromatic carbocycles. The fraction of sp³-hybridized carbons (Fsp3) is 0.250. The number of alkyl halides is 3. The number of pyridine rings is 1. The van der Waals surface area contributed by atoms with Crippen molar-refractivity contribution in [2.45, 2.75) is 19.5 Å². The van der Waals surface area contributed by atoms with Crippen LogP contribution in [0.5, 0.6) is 5.75 Å². The van der Waals surface area contributed by atoms with Gasteiger partial charge < -0.3 is 15.4 Å². The van der Waals surface area contributed by atoms with E-state index >= 15 is 0 Å². The maximum Gasteiger partial charge on any atom is 0.573 e. The van der Waals surface area contributed by atoms with Crippen molar-refractivity contribution in [1.29, 1.82) is 0 Å². The van der Waals surface area contributed by atoms with Gasteiger partial charge in [0.25, 0.3) is 0 Å². The summed E-state index contributed by atoms with van der Waals surface area (Å²) >= 11 is 0. The molecule has 1 heterocycles. The van der Waals surface area contributed by atoms with Gasteiger partial charge in [-0.15, -0.1) is 37.1 Å². The molecule has 2 N–H and O–H groups in total. The number of aliphatic imine (C=N–C) groups is 1. The van der Waals surface area contributed by atoms with Crippen molar-refractivity contribution >= 4 is 29.9 Å². The number of hydrogen-bond acceptors (Lipinski definition) is 3. The fourth-order valence-electron chi connectivity index (χ4n) is 1.95. The van der Waals surface area contributed by atoms with Gasteiger partial charge in [-0.2, -0.15) is 0 Å². The molecule has 25 heavy (non-hydrogen) atoms. The van der Waals surface area contributed by atoms with Crippen LogP contribution in [0.15, 0.2) is 53.7 Å². The fourth-order valence-corrected chi connectivity index (χ4v) is 1.95. The molecule has 0 aliphatic carbocycles. The summed E-state index contributed by atoms with van der Waals surface area (Å²) in [5, 5.41) is 5.98. The molecule has 9 heteroatoms. The SMILES string of the molecule is CN=C(NCc1ccccn1)NCc1ccccc1OC(F)(F)F.I. The molecular formula is C16H18F3IN4O. The van der Waals surface area contributed by atoms with Gasteiger partial charge in [-0.05, 0) is 18.2 Å². The quantitative estimate of drug-likeness (QED) is 0.403. The van der Waals surface area contributed by atoms with Gasteiger partial charge in [-0.25, -0.2) is 0 Å². The van der Waals surface area contributed by atoms with E-state index in [4.69, 9.17) is 0 Å². The Morgan fingerprint density at radius 1 is 1.08 bits per heavy atom. The summed E-state index contributed by atoms with van der Waals surface area (Å²) in [6.45, 7) is 0.579. The Labute approximate surface area is 160 Å². The third kappa shape index (κ3) is 7.59. The Morgan fingerprint density at radius 2 is 1.76 bits per heavy atom.